The molecule has 5 aromatic rings. The first-order valence-corrected chi connectivity index (χ1v) is 13.2. The van der Waals surface area contributed by atoms with E-state index >= 15 is 0 Å². The Hall–Kier alpha value is -5.08. The molecule has 0 atom stereocenters. The molecule has 1 aromatic heterocycles. The number of hydrogen-bond donors (Lipinski definition) is 2. The van der Waals surface area contributed by atoms with Gasteiger partial charge < -0.3 is 19.2 Å². The molecule has 2 N–H and O–H groups in total. The van der Waals surface area contributed by atoms with E-state index in [4.69, 9.17) is 25.8 Å². The summed E-state index contributed by atoms with van der Waals surface area (Å²) in [6.07, 6.45) is 1.41. The number of halogens is 1. The zero-order valence-corrected chi connectivity index (χ0v) is 23.1. The number of carbonyl (C=O) groups excluding carboxylic acids is 2. The molecule has 1 heterocycles. The zero-order valence-electron chi connectivity index (χ0n) is 22.3. The lowest BCUT2D eigenvalue weighted by Gasteiger charge is -2.10. The molecule has 0 aliphatic heterocycles. The van der Waals surface area contributed by atoms with E-state index < -0.39 is 11.9 Å². The first kappa shape index (κ1) is 27.5. The first-order valence-electron chi connectivity index (χ1n) is 12.8. The van der Waals surface area contributed by atoms with Crippen LogP contribution in [-0.2, 0) is 0 Å². The predicted molar refractivity (Wildman–Crippen MR) is 159 cm³/mol. The Kier molecular flexibility index (Phi) is 8.31. The Morgan fingerprint density at radius 2 is 1.73 bits per heavy atom. The average molecular weight is 568 g/mol. The molecule has 8 nitrogen and oxygen atoms in total. The maximum Gasteiger partial charge on any atom is 0.347 e. The van der Waals surface area contributed by atoms with Gasteiger partial charge in [-0.3, -0.25) is 4.79 Å². The Morgan fingerprint density at radius 1 is 0.951 bits per heavy atom. The second-order valence-corrected chi connectivity index (χ2v) is 9.29. The third-order valence-electron chi connectivity index (χ3n) is 6.24. The summed E-state index contributed by atoms with van der Waals surface area (Å²) in [5.41, 5.74) is 5.99. The van der Waals surface area contributed by atoms with Gasteiger partial charge in [0.1, 0.15) is 28.5 Å². The second kappa shape index (κ2) is 12.4. The number of aromatic nitrogens is 1. The fraction of sp³-hybridized carbons (Fsp3) is 0.0938. The summed E-state index contributed by atoms with van der Waals surface area (Å²) < 4.78 is 16.6. The highest BCUT2D eigenvalue weighted by Gasteiger charge is 2.20. The fourth-order valence-corrected chi connectivity index (χ4v) is 4.57. The van der Waals surface area contributed by atoms with E-state index in [1.807, 2.05) is 55.5 Å². The van der Waals surface area contributed by atoms with Crippen molar-refractivity contribution in [3.63, 3.8) is 0 Å². The molecule has 0 saturated heterocycles. The highest BCUT2D eigenvalue weighted by atomic mass is 35.5. The SMILES string of the molecule is CCOc1ccc2[nH]c(C(=O)NN=Cc3ccccc3OC(=O)c3cc(Cl)ccc3OC)c(-c3ccccc3)c2c1. The molecule has 4 aromatic carbocycles. The lowest BCUT2D eigenvalue weighted by Crippen LogP contribution is -2.19. The minimum absolute atomic E-state index is 0.180. The van der Waals surface area contributed by atoms with Crippen molar-refractivity contribution in [1.82, 2.24) is 10.4 Å². The number of benzene rings is 4. The van der Waals surface area contributed by atoms with E-state index in [0.717, 1.165) is 22.0 Å². The Bertz CT molecular complexity index is 1750. The van der Waals surface area contributed by atoms with Gasteiger partial charge in [0.05, 0.1) is 19.9 Å². The van der Waals surface area contributed by atoms with Gasteiger partial charge in [0.2, 0.25) is 0 Å². The minimum atomic E-state index is -0.647. The van der Waals surface area contributed by atoms with Crippen LogP contribution in [0.5, 0.6) is 17.2 Å². The highest BCUT2D eigenvalue weighted by Crippen LogP contribution is 2.35. The Labute approximate surface area is 241 Å². The summed E-state index contributed by atoms with van der Waals surface area (Å²) >= 11 is 6.07. The normalized spacial score (nSPS) is 11.0. The van der Waals surface area contributed by atoms with E-state index in [1.165, 1.54) is 19.4 Å². The number of aromatic amines is 1. The number of para-hydroxylation sites is 1. The standard InChI is InChI=1S/C32H26ClN3O5/c1-3-40-23-14-15-26-24(18-23)29(20-9-5-4-6-10-20)30(35-26)31(37)36-34-19-21-11-7-8-12-27(21)41-32(38)25-17-22(33)13-16-28(25)39-2/h4-19,35H,3H2,1-2H3,(H,36,37). The maximum absolute atomic E-state index is 13.4. The molecule has 0 aliphatic carbocycles. The van der Waals surface area contributed by atoms with Gasteiger partial charge in [0.15, 0.2) is 0 Å². The van der Waals surface area contributed by atoms with Crippen molar-refractivity contribution in [3.8, 4) is 28.4 Å². The van der Waals surface area contributed by atoms with Crippen LogP contribution in [-0.4, -0.2) is 36.8 Å². The number of rotatable bonds is 9. The van der Waals surface area contributed by atoms with Gasteiger partial charge in [-0.1, -0.05) is 54.1 Å². The summed E-state index contributed by atoms with van der Waals surface area (Å²) in [5.74, 6) is 0.205. The van der Waals surface area contributed by atoms with Gasteiger partial charge in [-0.2, -0.15) is 5.10 Å². The molecule has 9 heteroatoms. The van der Waals surface area contributed by atoms with Crippen LogP contribution in [0.3, 0.4) is 0 Å². The van der Waals surface area contributed by atoms with Gasteiger partial charge in [-0.15, -0.1) is 0 Å². The molecule has 5 rings (SSSR count). The lowest BCUT2D eigenvalue weighted by atomic mass is 10.0. The molecule has 0 radical (unpaired) electrons. The van der Waals surface area contributed by atoms with Crippen LogP contribution < -0.4 is 19.6 Å². The van der Waals surface area contributed by atoms with Crippen LogP contribution in [0.2, 0.25) is 5.02 Å². The summed E-state index contributed by atoms with van der Waals surface area (Å²) in [6.45, 7) is 2.45. The summed E-state index contributed by atoms with van der Waals surface area (Å²) in [4.78, 5) is 29.5. The molecule has 0 saturated carbocycles. The van der Waals surface area contributed by atoms with Gasteiger partial charge >= 0.3 is 5.97 Å². The second-order valence-electron chi connectivity index (χ2n) is 8.85. The van der Waals surface area contributed by atoms with Crippen molar-refractivity contribution in [2.45, 2.75) is 6.92 Å². The van der Waals surface area contributed by atoms with Gasteiger partial charge in [0.25, 0.3) is 5.91 Å². The maximum atomic E-state index is 13.4. The fourth-order valence-electron chi connectivity index (χ4n) is 4.39. The van der Waals surface area contributed by atoms with E-state index in [2.05, 4.69) is 15.5 Å². The van der Waals surface area contributed by atoms with Crippen LogP contribution in [0.15, 0.2) is 96.1 Å². The summed E-state index contributed by atoms with van der Waals surface area (Å²) in [6, 6.07) is 26.8. The number of esters is 1. The number of hydrogen-bond acceptors (Lipinski definition) is 6. The van der Waals surface area contributed by atoms with Crippen molar-refractivity contribution in [2.75, 3.05) is 13.7 Å². The van der Waals surface area contributed by atoms with Crippen molar-refractivity contribution in [3.05, 3.63) is 113 Å². The summed E-state index contributed by atoms with van der Waals surface area (Å²) in [7, 11) is 1.46. The van der Waals surface area contributed by atoms with Gasteiger partial charge in [-0.25, -0.2) is 10.2 Å². The molecule has 1 amide bonds. The number of amides is 1. The predicted octanol–water partition coefficient (Wildman–Crippen LogP) is 6.88. The third-order valence-corrected chi connectivity index (χ3v) is 6.48. The quantitative estimate of drug-likeness (QED) is 0.0875. The molecular formula is C32H26ClN3O5. The number of hydrazone groups is 1. The Morgan fingerprint density at radius 3 is 2.51 bits per heavy atom. The van der Waals surface area contributed by atoms with Crippen LogP contribution in [0.4, 0.5) is 0 Å². The molecule has 206 valence electrons. The highest BCUT2D eigenvalue weighted by molar-refractivity contribution is 6.31. The lowest BCUT2D eigenvalue weighted by molar-refractivity contribution is 0.0730. The number of nitrogens with one attached hydrogen (secondary N) is 2. The van der Waals surface area contributed by atoms with E-state index in [-0.39, 0.29) is 11.3 Å². The van der Waals surface area contributed by atoms with E-state index in [0.29, 0.717) is 34.4 Å². The number of fused-ring (bicyclic) bond motifs is 1. The zero-order chi connectivity index (χ0) is 28.8. The van der Waals surface area contributed by atoms with Crippen molar-refractivity contribution < 1.29 is 23.8 Å². The smallest absolute Gasteiger partial charge is 0.347 e. The molecule has 41 heavy (non-hydrogen) atoms. The Balaban J connectivity index is 1.40. The number of ether oxygens (including phenoxy) is 3. The number of methoxy groups -OCH3 is 1. The monoisotopic (exact) mass is 567 g/mol. The van der Waals surface area contributed by atoms with Gasteiger partial charge in [0, 0.05) is 27.1 Å². The molecule has 0 fully saturated rings. The van der Waals surface area contributed by atoms with Crippen molar-refractivity contribution in [2.24, 2.45) is 5.10 Å². The molecule has 0 bridgehead atoms. The first-order chi connectivity index (χ1) is 20.0. The van der Waals surface area contributed by atoms with Gasteiger partial charge in [-0.05, 0) is 61.0 Å². The number of H-pyrrole nitrogens is 1. The topological polar surface area (TPSA) is 102 Å². The third kappa shape index (κ3) is 6.08. The average Bonchev–Trinajstić information content (AvgIpc) is 3.37. The summed E-state index contributed by atoms with van der Waals surface area (Å²) in [5, 5.41) is 5.38. The van der Waals surface area contributed by atoms with E-state index in [1.54, 1.807) is 36.4 Å². The number of nitrogens with zero attached hydrogens (tertiary/aromatic N) is 1. The van der Waals surface area contributed by atoms with Crippen molar-refractivity contribution >= 4 is 40.6 Å². The van der Waals surface area contributed by atoms with Crippen LogP contribution in [0.1, 0.15) is 33.3 Å². The van der Waals surface area contributed by atoms with Crippen molar-refractivity contribution in [1.29, 1.82) is 0 Å². The minimum Gasteiger partial charge on any atom is -0.496 e. The molecular weight excluding hydrogens is 542 g/mol. The largest absolute Gasteiger partial charge is 0.496 e. The van der Waals surface area contributed by atoms with E-state index in [9.17, 15) is 9.59 Å². The van der Waals surface area contributed by atoms with Crippen LogP contribution in [0.25, 0.3) is 22.0 Å². The molecule has 0 unspecified atom stereocenters. The van der Waals surface area contributed by atoms with Crippen LogP contribution in [0, 0.1) is 0 Å². The van der Waals surface area contributed by atoms with Crippen LogP contribution >= 0.6 is 11.6 Å². The molecule has 0 aliphatic rings. The number of carbonyl (C=O) groups is 2. The molecule has 0 spiro atoms.